The minimum atomic E-state index is -0.622. The molecule has 1 unspecified atom stereocenters. The molecule has 0 aliphatic carbocycles. The standard InChI is InChI=1S/C14H18N2O5.ClH/c1-8(7-15)12(17)16-11-5-9(13(18)20-2)4-10(6-11)14(19)21-3;/h4-6,8H,7,15H2,1-3H3,(H,16,17);1H. The molecule has 1 rings (SSSR count). The van der Waals surface area contributed by atoms with Crippen molar-refractivity contribution in [1.29, 1.82) is 0 Å². The highest BCUT2D eigenvalue weighted by Gasteiger charge is 2.16. The van der Waals surface area contributed by atoms with Crippen molar-refractivity contribution in [3.05, 3.63) is 29.3 Å². The molecule has 3 N–H and O–H groups in total. The summed E-state index contributed by atoms with van der Waals surface area (Å²) < 4.78 is 9.22. The predicted molar refractivity (Wildman–Crippen MR) is 83.2 cm³/mol. The summed E-state index contributed by atoms with van der Waals surface area (Å²) >= 11 is 0. The number of rotatable bonds is 5. The van der Waals surface area contributed by atoms with Crippen molar-refractivity contribution in [2.24, 2.45) is 11.7 Å². The van der Waals surface area contributed by atoms with Crippen molar-refractivity contribution in [3.63, 3.8) is 0 Å². The Kier molecular flexibility index (Phi) is 8.14. The van der Waals surface area contributed by atoms with E-state index >= 15 is 0 Å². The van der Waals surface area contributed by atoms with Crippen molar-refractivity contribution in [3.8, 4) is 0 Å². The van der Waals surface area contributed by atoms with Crippen molar-refractivity contribution in [2.75, 3.05) is 26.1 Å². The van der Waals surface area contributed by atoms with Crippen LogP contribution in [0.3, 0.4) is 0 Å². The summed E-state index contributed by atoms with van der Waals surface area (Å²) in [5, 5.41) is 2.60. The zero-order valence-corrected chi connectivity index (χ0v) is 13.4. The maximum absolute atomic E-state index is 11.8. The molecule has 0 spiro atoms. The van der Waals surface area contributed by atoms with Crippen LogP contribution >= 0.6 is 12.4 Å². The van der Waals surface area contributed by atoms with E-state index in [1.165, 1.54) is 32.4 Å². The first-order valence-corrected chi connectivity index (χ1v) is 6.25. The lowest BCUT2D eigenvalue weighted by atomic mass is 10.1. The molecule has 0 saturated heterocycles. The molecule has 7 nitrogen and oxygen atoms in total. The number of ether oxygens (including phenoxy) is 2. The van der Waals surface area contributed by atoms with E-state index in [9.17, 15) is 14.4 Å². The first-order chi connectivity index (χ1) is 9.92. The second-order valence-corrected chi connectivity index (χ2v) is 4.41. The highest BCUT2D eigenvalue weighted by molar-refractivity contribution is 5.99. The van der Waals surface area contributed by atoms with E-state index in [1.807, 2.05) is 0 Å². The third-order valence-electron chi connectivity index (χ3n) is 2.84. The number of hydrogen-bond acceptors (Lipinski definition) is 6. The average Bonchev–Trinajstić information content (AvgIpc) is 2.51. The van der Waals surface area contributed by atoms with Crippen molar-refractivity contribution in [1.82, 2.24) is 0 Å². The van der Waals surface area contributed by atoms with Crippen LogP contribution in [0.25, 0.3) is 0 Å². The third-order valence-corrected chi connectivity index (χ3v) is 2.84. The Balaban J connectivity index is 0.00000441. The molecule has 0 fully saturated rings. The molecule has 1 aromatic carbocycles. The monoisotopic (exact) mass is 330 g/mol. The third kappa shape index (κ3) is 5.01. The topological polar surface area (TPSA) is 108 Å². The number of nitrogens with two attached hydrogens (primary N) is 1. The number of methoxy groups -OCH3 is 2. The molecule has 1 amide bonds. The molecule has 0 aromatic heterocycles. The number of anilines is 1. The van der Waals surface area contributed by atoms with Gasteiger partial charge in [0.15, 0.2) is 0 Å². The smallest absolute Gasteiger partial charge is 0.337 e. The fourth-order valence-corrected chi connectivity index (χ4v) is 1.54. The molecule has 22 heavy (non-hydrogen) atoms. The molecule has 0 aliphatic rings. The number of amides is 1. The molecule has 0 aliphatic heterocycles. The summed E-state index contributed by atoms with van der Waals surface area (Å²) in [7, 11) is 2.45. The van der Waals surface area contributed by atoms with Crippen LogP contribution in [0.4, 0.5) is 5.69 Å². The summed E-state index contributed by atoms with van der Waals surface area (Å²) in [5.41, 5.74) is 5.98. The molecule has 0 radical (unpaired) electrons. The van der Waals surface area contributed by atoms with E-state index in [2.05, 4.69) is 14.8 Å². The molecular weight excluding hydrogens is 312 g/mol. The highest BCUT2D eigenvalue weighted by atomic mass is 35.5. The van der Waals surface area contributed by atoms with Crippen molar-refractivity contribution >= 4 is 35.9 Å². The predicted octanol–water partition coefficient (Wildman–Crippen LogP) is 1.21. The van der Waals surface area contributed by atoms with Gasteiger partial charge in [-0.3, -0.25) is 4.79 Å². The van der Waals surface area contributed by atoms with Gasteiger partial charge in [0, 0.05) is 18.2 Å². The normalized spacial score (nSPS) is 10.9. The van der Waals surface area contributed by atoms with E-state index in [0.29, 0.717) is 5.69 Å². The Hall–Kier alpha value is -2.12. The van der Waals surface area contributed by atoms with Crippen LogP contribution in [0.5, 0.6) is 0 Å². The maximum atomic E-state index is 11.8. The summed E-state index contributed by atoms with van der Waals surface area (Å²) in [4.78, 5) is 35.0. The number of esters is 2. The van der Waals surface area contributed by atoms with E-state index in [-0.39, 0.29) is 36.0 Å². The molecule has 122 valence electrons. The van der Waals surface area contributed by atoms with Crippen LogP contribution < -0.4 is 11.1 Å². The van der Waals surface area contributed by atoms with E-state index < -0.39 is 17.9 Å². The van der Waals surface area contributed by atoms with Crippen LogP contribution in [-0.2, 0) is 14.3 Å². The molecule has 0 bridgehead atoms. The molecule has 8 heteroatoms. The molecular formula is C14H19ClN2O5. The average molecular weight is 331 g/mol. The van der Waals surface area contributed by atoms with Crippen LogP contribution in [-0.4, -0.2) is 38.6 Å². The number of hydrogen-bond donors (Lipinski definition) is 2. The van der Waals surface area contributed by atoms with E-state index in [1.54, 1.807) is 6.92 Å². The van der Waals surface area contributed by atoms with Crippen molar-refractivity contribution in [2.45, 2.75) is 6.92 Å². The van der Waals surface area contributed by atoms with Gasteiger partial charge in [-0.15, -0.1) is 12.4 Å². The van der Waals surface area contributed by atoms with Gasteiger partial charge in [0.2, 0.25) is 5.91 Å². The number of halogens is 1. The molecule has 0 saturated carbocycles. The molecule has 0 heterocycles. The highest BCUT2D eigenvalue weighted by Crippen LogP contribution is 2.17. The van der Waals surface area contributed by atoms with Gasteiger partial charge in [0.05, 0.1) is 25.3 Å². The number of benzene rings is 1. The minimum absolute atomic E-state index is 0. The second-order valence-electron chi connectivity index (χ2n) is 4.41. The first kappa shape index (κ1) is 19.9. The van der Waals surface area contributed by atoms with Crippen LogP contribution in [0, 0.1) is 5.92 Å². The van der Waals surface area contributed by atoms with Gasteiger partial charge < -0.3 is 20.5 Å². The van der Waals surface area contributed by atoms with Gasteiger partial charge >= 0.3 is 11.9 Å². The Morgan fingerprint density at radius 1 is 1.09 bits per heavy atom. The van der Waals surface area contributed by atoms with Crippen LogP contribution in [0.1, 0.15) is 27.6 Å². The van der Waals surface area contributed by atoms with Crippen molar-refractivity contribution < 1.29 is 23.9 Å². The lowest BCUT2D eigenvalue weighted by Gasteiger charge is -2.12. The zero-order chi connectivity index (χ0) is 16.0. The van der Waals surface area contributed by atoms with Gasteiger partial charge in [0.1, 0.15) is 0 Å². The van der Waals surface area contributed by atoms with E-state index in [0.717, 1.165) is 0 Å². The van der Waals surface area contributed by atoms with Gasteiger partial charge in [-0.2, -0.15) is 0 Å². The molecule has 1 aromatic rings. The summed E-state index contributed by atoms with van der Waals surface area (Å²) in [6, 6.07) is 4.17. The van der Waals surface area contributed by atoms with Crippen LogP contribution in [0.15, 0.2) is 18.2 Å². The first-order valence-electron chi connectivity index (χ1n) is 6.25. The van der Waals surface area contributed by atoms with Gasteiger partial charge in [-0.05, 0) is 18.2 Å². The van der Waals surface area contributed by atoms with Gasteiger partial charge in [0.25, 0.3) is 0 Å². The molecule has 1 atom stereocenters. The summed E-state index contributed by atoms with van der Waals surface area (Å²) in [6.45, 7) is 1.85. The number of nitrogens with one attached hydrogen (secondary N) is 1. The number of carbonyl (C=O) groups is 3. The zero-order valence-electron chi connectivity index (χ0n) is 12.5. The Labute approximate surface area is 134 Å². The Morgan fingerprint density at radius 2 is 1.55 bits per heavy atom. The fourth-order valence-electron chi connectivity index (χ4n) is 1.54. The Bertz CT molecular complexity index is 528. The maximum Gasteiger partial charge on any atom is 0.337 e. The fraction of sp³-hybridized carbons (Fsp3) is 0.357. The van der Waals surface area contributed by atoms with E-state index in [4.69, 9.17) is 5.73 Å². The van der Waals surface area contributed by atoms with Gasteiger partial charge in [-0.25, -0.2) is 9.59 Å². The minimum Gasteiger partial charge on any atom is -0.465 e. The Morgan fingerprint density at radius 3 is 1.91 bits per heavy atom. The largest absolute Gasteiger partial charge is 0.465 e. The quantitative estimate of drug-likeness (QED) is 0.786. The number of carbonyl (C=O) groups excluding carboxylic acids is 3. The summed E-state index contributed by atoms with van der Waals surface area (Å²) in [6.07, 6.45) is 0. The lowest BCUT2D eigenvalue weighted by Crippen LogP contribution is -2.26. The second kappa shape index (κ2) is 9.01. The SMILES string of the molecule is COC(=O)c1cc(NC(=O)C(C)CN)cc(C(=O)OC)c1.Cl. The van der Waals surface area contributed by atoms with Crippen LogP contribution in [0.2, 0.25) is 0 Å². The van der Waals surface area contributed by atoms with Gasteiger partial charge in [-0.1, -0.05) is 6.92 Å². The lowest BCUT2D eigenvalue weighted by molar-refractivity contribution is -0.119. The summed E-state index contributed by atoms with van der Waals surface area (Å²) in [5.74, 6) is -1.95.